The number of hydrogen-bond acceptors (Lipinski definition) is 5. The van der Waals surface area contributed by atoms with Crippen LogP contribution in [0.4, 0.5) is 0 Å². The van der Waals surface area contributed by atoms with Crippen molar-refractivity contribution in [3.8, 4) is 0 Å². The summed E-state index contributed by atoms with van der Waals surface area (Å²) in [5.74, 6) is -1.04. The molecule has 3 aliphatic rings. The summed E-state index contributed by atoms with van der Waals surface area (Å²) < 4.78 is 5.23. The lowest BCUT2D eigenvalue weighted by Gasteiger charge is -2.40. The maximum Gasteiger partial charge on any atom is 0.312 e. The van der Waals surface area contributed by atoms with Crippen molar-refractivity contribution in [1.82, 2.24) is 19.6 Å². The maximum atomic E-state index is 13.0. The van der Waals surface area contributed by atoms with Crippen LogP contribution in [0.2, 0.25) is 0 Å². The second-order valence-electron chi connectivity index (χ2n) is 9.36. The number of piperazine rings is 1. The fourth-order valence-corrected chi connectivity index (χ4v) is 4.26. The number of likely N-dealkylation sites (tertiary alicyclic amines) is 1. The molecule has 1 unspecified atom stereocenters. The Balaban J connectivity index is 1.50. The van der Waals surface area contributed by atoms with E-state index >= 15 is 0 Å². The zero-order valence-electron chi connectivity index (χ0n) is 18.4. The molecule has 3 rings (SSSR count). The molecule has 9 nitrogen and oxygen atoms in total. The van der Waals surface area contributed by atoms with E-state index in [2.05, 4.69) is 0 Å². The molecule has 1 atom stereocenters. The Morgan fingerprint density at radius 2 is 1.27 bits per heavy atom. The Bertz CT molecular complexity index is 675. The van der Waals surface area contributed by atoms with Gasteiger partial charge in [0.25, 0.3) is 0 Å². The van der Waals surface area contributed by atoms with E-state index in [-0.39, 0.29) is 17.7 Å². The predicted molar refractivity (Wildman–Crippen MR) is 109 cm³/mol. The molecular formula is C21H34N4O5. The minimum Gasteiger partial charge on any atom is -0.378 e. The van der Waals surface area contributed by atoms with Crippen LogP contribution >= 0.6 is 0 Å². The summed E-state index contributed by atoms with van der Waals surface area (Å²) in [5, 5.41) is 0. The highest BCUT2D eigenvalue weighted by Crippen LogP contribution is 2.25. The van der Waals surface area contributed by atoms with Gasteiger partial charge in [-0.05, 0) is 12.8 Å². The molecule has 9 heteroatoms. The average Bonchev–Trinajstić information content (AvgIpc) is 2.77. The van der Waals surface area contributed by atoms with Gasteiger partial charge in [-0.1, -0.05) is 20.8 Å². The first-order valence-electron chi connectivity index (χ1n) is 10.9. The van der Waals surface area contributed by atoms with Gasteiger partial charge in [-0.25, -0.2) is 0 Å². The van der Waals surface area contributed by atoms with Crippen molar-refractivity contribution in [2.75, 3.05) is 65.6 Å². The number of amides is 4. The summed E-state index contributed by atoms with van der Waals surface area (Å²) in [6.45, 7) is 10.2. The van der Waals surface area contributed by atoms with E-state index < -0.39 is 17.2 Å². The van der Waals surface area contributed by atoms with Crippen LogP contribution in [0.5, 0.6) is 0 Å². The van der Waals surface area contributed by atoms with Gasteiger partial charge in [0, 0.05) is 57.8 Å². The molecule has 0 aliphatic carbocycles. The molecule has 0 aromatic rings. The molecule has 0 aromatic carbocycles. The van der Waals surface area contributed by atoms with Crippen molar-refractivity contribution >= 4 is 23.6 Å². The molecule has 3 saturated heterocycles. The molecular weight excluding hydrogens is 388 g/mol. The van der Waals surface area contributed by atoms with E-state index in [1.54, 1.807) is 4.90 Å². The highest BCUT2D eigenvalue weighted by atomic mass is 16.5. The molecule has 0 aromatic heterocycles. The Morgan fingerprint density at radius 3 is 1.83 bits per heavy atom. The fourth-order valence-electron chi connectivity index (χ4n) is 4.26. The summed E-state index contributed by atoms with van der Waals surface area (Å²) in [6, 6.07) is 0. The van der Waals surface area contributed by atoms with Crippen LogP contribution in [0.3, 0.4) is 0 Å². The van der Waals surface area contributed by atoms with Crippen LogP contribution in [0.1, 0.15) is 33.6 Å². The highest BCUT2D eigenvalue weighted by Gasteiger charge is 2.37. The van der Waals surface area contributed by atoms with Crippen LogP contribution in [0, 0.1) is 11.3 Å². The monoisotopic (exact) mass is 422 g/mol. The minimum absolute atomic E-state index is 0.0491. The molecule has 3 heterocycles. The number of ether oxygens (including phenoxy) is 1. The van der Waals surface area contributed by atoms with Crippen molar-refractivity contribution in [3.05, 3.63) is 0 Å². The number of piperidine rings is 1. The number of hydrogen-bond donors (Lipinski definition) is 0. The number of carbonyl (C=O) groups is 4. The third kappa shape index (κ3) is 5.11. The smallest absolute Gasteiger partial charge is 0.312 e. The maximum absolute atomic E-state index is 13.0. The molecule has 3 fully saturated rings. The van der Waals surface area contributed by atoms with Crippen LogP contribution in [-0.4, -0.2) is 109 Å². The van der Waals surface area contributed by atoms with Crippen LogP contribution in [0.15, 0.2) is 0 Å². The molecule has 4 amide bonds. The predicted octanol–water partition coefficient (Wildman–Crippen LogP) is -0.199. The molecule has 3 aliphatic heterocycles. The molecule has 0 saturated carbocycles. The summed E-state index contributed by atoms with van der Waals surface area (Å²) in [7, 11) is 0. The highest BCUT2D eigenvalue weighted by molar-refractivity contribution is 6.34. The number of morpholine rings is 1. The van der Waals surface area contributed by atoms with E-state index in [9.17, 15) is 19.2 Å². The normalized spacial score (nSPS) is 23.4. The van der Waals surface area contributed by atoms with Crippen molar-refractivity contribution in [2.24, 2.45) is 11.3 Å². The lowest BCUT2D eigenvalue weighted by molar-refractivity contribution is -0.156. The first-order valence-corrected chi connectivity index (χ1v) is 10.9. The van der Waals surface area contributed by atoms with Gasteiger partial charge < -0.3 is 24.3 Å². The first-order chi connectivity index (χ1) is 14.2. The Kier molecular flexibility index (Phi) is 7.00. The zero-order chi connectivity index (χ0) is 21.9. The fraction of sp³-hybridized carbons (Fsp3) is 0.810. The standard InChI is InChI=1S/C21H34N4O5/c1-21(2,3)20(29)25-6-4-5-16(15-25)17(26)22-7-9-23(10-8-22)18(27)19(28)24-11-13-30-14-12-24/h16H,4-15H2,1-3H3. The van der Waals surface area contributed by atoms with E-state index in [1.165, 1.54) is 9.80 Å². The summed E-state index contributed by atoms with van der Waals surface area (Å²) in [6.07, 6.45) is 1.60. The summed E-state index contributed by atoms with van der Waals surface area (Å²) in [4.78, 5) is 57.2. The largest absolute Gasteiger partial charge is 0.378 e. The van der Waals surface area contributed by atoms with E-state index in [0.29, 0.717) is 65.6 Å². The van der Waals surface area contributed by atoms with Gasteiger partial charge in [0.15, 0.2) is 0 Å². The Labute approximate surface area is 178 Å². The third-order valence-corrected chi connectivity index (χ3v) is 6.06. The molecule has 0 radical (unpaired) electrons. The number of carbonyl (C=O) groups excluding carboxylic acids is 4. The lowest BCUT2D eigenvalue weighted by atomic mass is 9.90. The van der Waals surface area contributed by atoms with E-state index in [1.807, 2.05) is 25.7 Å². The second kappa shape index (κ2) is 9.32. The zero-order valence-corrected chi connectivity index (χ0v) is 18.4. The second-order valence-corrected chi connectivity index (χ2v) is 9.36. The number of nitrogens with zero attached hydrogens (tertiary/aromatic N) is 4. The SMILES string of the molecule is CC(C)(C)C(=O)N1CCCC(C(=O)N2CCN(C(=O)C(=O)N3CCOCC3)CC2)C1. The molecule has 0 spiro atoms. The third-order valence-electron chi connectivity index (χ3n) is 6.06. The summed E-state index contributed by atoms with van der Waals surface area (Å²) in [5.41, 5.74) is -0.454. The molecule has 168 valence electrons. The van der Waals surface area contributed by atoms with Crippen LogP contribution in [0.25, 0.3) is 0 Å². The van der Waals surface area contributed by atoms with Gasteiger partial charge in [-0.15, -0.1) is 0 Å². The Hall–Kier alpha value is -2.16. The molecule has 0 bridgehead atoms. The number of rotatable bonds is 1. The average molecular weight is 423 g/mol. The summed E-state index contributed by atoms with van der Waals surface area (Å²) >= 11 is 0. The first kappa shape index (κ1) is 22.5. The topological polar surface area (TPSA) is 90.5 Å². The quantitative estimate of drug-likeness (QED) is 0.546. The van der Waals surface area contributed by atoms with Crippen molar-refractivity contribution < 1.29 is 23.9 Å². The van der Waals surface area contributed by atoms with Gasteiger partial charge in [-0.3, -0.25) is 19.2 Å². The van der Waals surface area contributed by atoms with Crippen LogP contribution in [-0.2, 0) is 23.9 Å². The molecule has 0 N–H and O–H groups in total. The van der Waals surface area contributed by atoms with Gasteiger partial charge in [0.2, 0.25) is 11.8 Å². The molecule has 30 heavy (non-hydrogen) atoms. The van der Waals surface area contributed by atoms with Crippen molar-refractivity contribution in [2.45, 2.75) is 33.6 Å². The minimum atomic E-state index is -0.497. The van der Waals surface area contributed by atoms with Gasteiger partial charge >= 0.3 is 11.8 Å². The Morgan fingerprint density at radius 1 is 0.733 bits per heavy atom. The van der Waals surface area contributed by atoms with E-state index in [0.717, 1.165) is 12.8 Å². The van der Waals surface area contributed by atoms with E-state index in [4.69, 9.17) is 4.74 Å². The van der Waals surface area contributed by atoms with Gasteiger partial charge in [-0.2, -0.15) is 0 Å². The van der Waals surface area contributed by atoms with Gasteiger partial charge in [0.1, 0.15) is 0 Å². The van der Waals surface area contributed by atoms with Gasteiger partial charge in [0.05, 0.1) is 19.1 Å². The lowest BCUT2D eigenvalue weighted by Crippen LogP contribution is -2.57. The van der Waals surface area contributed by atoms with Crippen LogP contribution < -0.4 is 0 Å². The van der Waals surface area contributed by atoms with Crippen molar-refractivity contribution in [1.29, 1.82) is 0 Å². The van der Waals surface area contributed by atoms with Crippen molar-refractivity contribution in [3.63, 3.8) is 0 Å².